The molecule has 5 rings (SSSR count). The Balaban J connectivity index is 1.74. The van der Waals surface area contributed by atoms with Crippen LogP contribution in [0, 0.1) is 13.8 Å². The van der Waals surface area contributed by atoms with Crippen molar-refractivity contribution < 1.29 is 9.13 Å². The van der Waals surface area contributed by atoms with Gasteiger partial charge in [-0.1, -0.05) is 18.2 Å². The molecule has 5 aromatic rings. The number of fused-ring (bicyclic) bond motifs is 1. The van der Waals surface area contributed by atoms with Crippen LogP contribution in [0.3, 0.4) is 0 Å². The topological polar surface area (TPSA) is 34.9 Å². The van der Waals surface area contributed by atoms with Gasteiger partial charge in [0.25, 0.3) is 5.69 Å². The van der Waals surface area contributed by atoms with E-state index in [9.17, 15) is 0 Å². The lowest BCUT2D eigenvalue weighted by Crippen LogP contribution is -2.40. The molecular formula is C24H26N6+2. The molecule has 0 amide bonds. The Morgan fingerprint density at radius 1 is 0.900 bits per heavy atom. The third-order valence-electron chi connectivity index (χ3n) is 5.98. The van der Waals surface area contributed by atoms with Crippen molar-refractivity contribution >= 4 is 5.78 Å². The van der Waals surface area contributed by atoms with Crippen molar-refractivity contribution in [2.24, 2.45) is 21.1 Å². The first-order valence-corrected chi connectivity index (χ1v) is 10.1. The minimum absolute atomic E-state index is 0.930. The number of nitrogens with zero attached hydrogens (tertiary/aromatic N) is 6. The van der Waals surface area contributed by atoms with Crippen molar-refractivity contribution in [3.05, 3.63) is 78.5 Å². The largest absolute Gasteiger partial charge is 0.359 e. The summed E-state index contributed by atoms with van der Waals surface area (Å²) in [6, 6.07) is 12.9. The Bertz CT molecular complexity index is 1380. The van der Waals surface area contributed by atoms with Crippen LogP contribution >= 0.6 is 0 Å². The molecule has 6 heteroatoms. The van der Waals surface area contributed by atoms with Crippen molar-refractivity contribution in [3.8, 4) is 28.6 Å². The summed E-state index contributed by atoms with van der Waals surface area (Å²) in [6.45, 7) is 4.34. The van der Waals surface area contributed by atoms with Crippen molar-refractivity contribution in [3.63, 3.8) is 0 Å². The summed E-state index contributed by atoms with van der Waals surface area (Å²) < 4.78 is 10.9. The minimum atomic E-state index is 0.930. The minimum Gasteiger partial charge on any atom is -0.308 e. The molecule has 0 aliphatic heterocycles. The molecule has 0 saturated carbocycles. The molecule has 0 aliphatic carbocycles. The SMILES string of the molecule is Cc1cccc(C)c1-n1cc[n+](C)c1-c1cccc(-c2cn3ccnc3n2C)[n+]1C. The molecule has 0 saturated heterocycles. The molecule has 1 aromatic carbocycles. The lowest BCUT2D eigenvalue weighted by molar-refractivity contribution is -0.685. The van der Waals surface area contributed by atoms with Crippen LogP contribution in [0.5, 0.6) is 0 Å². The van der Waals surface area contributed by atoms with E-state index >= 15 is 0 Å². The van der Waals surface area contributed by atoms with Gasteiger partial charge in [0, 0.05) is 37.8 Å². The van der Waals surface area contributed by atoms with Crippen LogP contribution in [-0.2, 0) is 21.1 Å². The van der Waals surface area contributed by atoms with Gasteiger partial charge in [-0.2, -0.15) is 9.13 Å². The Hall–Kier alpha value is -3.67. The van der Waals surface area contributed by atoms with Gasteiger partial charge in [0.05, 0.1) is 7.05 Å². The molecule has 0 fully saturated rings. The standard InChI is InChI=1S/C24H26N6/c1-17-8-6-9-18(2)22(17)30-15-14-26(3)23(30)20-11-7-10-19(27(20)4)21-16-29-13-12-25-24(29)28(21)5/h6-16H,1-5H3/q+2. The Labute approximate surface area is 175 Å². The molecule has 0 radical (unpaired) electrons. The van der Waals surface area contributed by atoms with Crippen LogP contribution in [-0.4, -0.2) is 18.5 Å². The Kier molecular flexibility index (Phi) is 4.10. The fourth-order valence-electron chi connectivity index (χ4n) is 4.44. The number of aromatic nitrogens is 6. The maximum absolute atomic E-state index is 4.46. The van der Waals surface area contributed by atoms with E-state index in [1.54, 1.807) is 0 Å². The molecule has 6 nitrogen and oxygen atoms in total. The van der Waals surface area contributed by atoms with Gasteiger partial charge in [0.15, 0.2) is 0 Å². The van der Waals surface area contributed by atoms with Crippen molar-refractivity contribution in [1.29, 1.82) is 0 Å². The summed E-state index contributed by atoms with van der Waals surface area (Å²) in [4.78, 5) is 4.46. The highest BCUT2D eigenvalue weighted by Crippen LogP contribution is 2.25. The summed E-state index contributed by atoms with van der Waals surface area (Å²) in [7, 11) is 6.29. The lowest BCUT2D eigenvalue weighted by atomic mass is 10.1. The van der Waals surface area contributed by atoms with Crippen molar-refractivity contribution in [1.82, 2.24) is 18.5 Å². The fraction of sp³-hybridized carbons (Fsp3) is 0.208. The number of benzene rings is 1. The average Bonchev–Trinajstić information content (AvgIpc) is 3.40. The normalized spacial score (nSPS) is 11.5. The van der Waals surface area contributed by atoms with Crippen LogP contribution < -0.4 is 9.13 Å². The van der Waals surface area contributed by atoms with Crippen LogP contribution in [0.4, 0.5) is 0 Å². The van der Waals surface area contributed by atoms with Gasteiger partial charge in [0.2, 0.25) is 11.5 Å². The van der Waals surface area contributed by atoms with Gasteiger partial charge < -0.3 is 4.57 Å². The maximum Gasteiger partial charge on any atom is 0.359 e. The molecule has 0 unspecified atom stereocenters. The molecule has 0 aliphatic rings. The molecule has 0 N–H and O–H groups in total. The van der Waals surface area contributed by atoms with Gasteiger partial charge in [-0.3, -0.25) is 4.40 Å². The van der Waals surface area contributed by atoms with Crippen LogP contribution in [0.2, 0.25) is 0 Å². The Morgan fingerprint density at radius 2 is 1.60 bits per heavy atom. The number of hydrogen-bond donors (Lipinski definition) is 0. The number of para-hydroxylation sites is 1. The van der Waals surface area contributed by atoms with Crippen LogP contribution in [0.25, 0.3) is 34.4 Å². The van der Waals surface area contributed by atoms with E-state index in [4.69, 9.17) is 0 Å². The van der Waals surface area contributed by atoms with Crippen LogP contribution in [0.15, 0.2) is 67.4 Å². The predicted octanol–water partition coefficient (Wildman–Crippen LogP) is 3.06. The summed E-state index contributed by atoms with van der Waals surface area (Å²) in [5, 5.41) is 0. The molecule has 150 valence electrons. The van der Waals surface area contributed by atoms with E-state index in [0.717, 1.165) is 28.7 Å². The highest BCUT2D eigenvalue weighted by molar-refractivity contribution is 5.59. The van der Waals surface area contributed by atoms with E-state index in [2.05, 4.69) is 118 Å². The highest BCUT2D eigenvalue weighted by Gasteiger charge is 2.30. The van der Waals surface area contributed by atoms with Crippen molar-refractivity contribution in [2.45, 2.75) is 13.8 Å². The van der Waals surface area contributed by atoms with Gasteiger partial charge in [-0.25, -0.2) is 9.55 Å². The summed E-state index contributed by atoms with van der Waals surface area (Å²) >= 11 is 0. The summed E-state index contributed by atoms with van der Waals surface area (Å²) in [5.41, 5.74) is 7.15. The molecule has 0 bridgehead atoms. The van der Waals surface area contributed by atoms with E-state index in [0.29, 0.717) is 0 Å². The first-order chi connectivity index (χ1) is 14.5. The predicted molar refractivity (Wildman–Crippen MR) is 116 cm³/mol. The van der Waals surface area contributed by atoms with E-state index in [1.807, 2.05) is 12.4 Å². The summed E-state index contributed by atoms with van der Waals surface area (Å²) in [5.74, 6) is 2.07. The third-order valence-corrected chi connectivity index (χ3v) is 5.98. The monoisotopic (exact) mass is 398 g/mol. The Morgan fingerprint density at radius 3 is 2.33 bits per heavy atom. The smallest absolute Gasteiger partial charge is 0.308 e. The number of imidazole rings is 3. The van der Waals surface area contributed by atoms with Crippen LogP contribution in [0.1, 0.15) is 11.1 Å². The maximum atomic E-state index is 4.46. The molecule has 4 aromatic heterocycles. The van der Waals surface area contributed by atoms with Gasteiger partial charge in [0.1, 0.15) is 30.8 Å². The van der Waals surface area contributed by atoms with Gasteiger partial charge in [-0.15, -0.1) is 0 Å². The quantitative estimate of drug-likeness (QED) is 0.430. The molecule has 0 atom stereocenters. The number of hydrogen-bond acceptors (Lipinski definition) is 1. The van der Waals surface area contributed by atoms with Gasteiger partial charge in [-0.05, 0) is 31.0 Å². The number of rotatable bonds is 3. The molecule has 0 spiro atoms. The number of aryl methyl sites for hydroxylation is 4. The first kappa shape index (κ1) is 18.4. The van der Waals surface area contributed by atoms with Gasteiger partial charge >= 0.3 is 5.82 Å². The second-order valence-electron chi connectivity index (χ2n) is 7.91. The average molecular weight is 399 g/mol. The zero-order valence-corrected chi connectivity index (χ0v) is 18.0. The highest BCUT2D eigenvalue weighted by atomic mass is 15.2. The summed E-state index contributed by atoms with van der Waals surface area (Å²) in [6.07, 6.45) is 10.2. The zero-order chi connectivity index (χ0) is 21.0. The lowest BCUT2D eigenvalue weighted by Gasteiger charge is -2.09. The second kappa shape index (κ2) is 6.69. The third kappa shape index (κ3) is 2.60. The molecule has 4 heterocycles. The van der Waals surface area contributed by atoms with E-state index in [1.165, 1.54) is 16.8 Å². The van der Waals surface area contributed by atoms with E-state index < -0.39 is 0 Å². The number of pyridine rings is 1. The zero-order valence-electron chi connectivity index (χ0n) is 18.0. The van der Waals surface area contributed by atoms with E-state index in [-0.39, 0.29) is 0 Å². The molecular weight excluding hydrogens is 372 g/mol. The first-order valence-electron chi connectivity index (χ1n) is 10.1. The molecule has 30 heavy (non-hydrogen) atoms. The van der Waals surface area contributed by atoms with Crippen molar-refractivity contribution in [2.75, 3.05) is 0 Å². The second-order valence-corrected chi connectivity index (χ2v) is 7.91. The fourth-order valence-corrected chi connectivity index (χ4v) is 4.44.